The van der Waals surface area contributed by atoms with Gasteiger partial charge in [-0.25, -0.2) is 0 Å². The number of rotatable bonds is 2. The molecule has 0 aliphatic carbocycles. The Labute approximate surface area is 99.4 Å². The summed E-state index contributed by atoms with van der Waals surface area (Å²) in [6, 6.07) is 4.96. The molecule has 0 fully saturated rings. The van der Waals surface area contributed by atoms with Crippen LogP contribution in [0.3, 0.4) is 0 Å². The second-order valence-corrected chi connectivity index (χ2v) is 3.83. The summed E-state index contributed by atoms with van der Waals surface area (Å²) in [6.07, 6.45) is 10.1. The van der Waals surface area contributed by atoms with Gasteiger partial charge in [-0.15, -0.1) is 0 Å². The van der Waals surface area contributed by atoms with Crippen LogP contribution in [0.25, 0.3) is 6.08 Å². The van der Waals surface area contributed by atoms with E-state index in [0.29, 0.717) is 11.4 Å². The van der Waals surface area contributed by atoms with Crippen LogP contribution in [-0.4, -0.2) is 10.8 Å². The molecule has 0 amide bonds. The third kappa shape index (κ3) is 2.47. The van der Waals surface area contributed by atoms with Gasteiger partial charge < -0.3 is 5.21 Å². The Bertz CT molecular complexity index is 530. The summed E-state index contributed by atoms with van der Waals surface area (Å²) >= 11 is 0. The Morgan fingerprint density at radius 2 is 2.18 bits per heavy atom. The van der Waals surface area contributed by atoms with Gasteiger partial charge in [0, 0.05) is 47.0 Å². The van der Waals surface area contributed by atoms with Crippen LogP contribution >= 0.6 is 0 Å². The average molecular weight is 229 g/mol. The zero-order valence-electron chi connectivity index (χ0n) is 9.48. The molecule has 1 aromatic rings. The molecule has 0 radical (unpaired) electrons. The van der Waals surface area contributed by atoms with Gasteiger partial charge in [-0.1, -0.05) is 6.08 Å². The molecule has 2 rings (SSSR count). The normalized spacial score (nSPS) is 19.7. The Morgan fingerprint density at radius 1 is 1.35 bits per heavy atom. The number of allylic oxidation sites excluding steroid dienone is 3. The van der Waals surface area contributed by atoms with Crippen LogP contribution < -0.4 is 4.73 Å². The summed E-state index contributed by atoms with van der Waals surface area (Å²) in [5, 5.41) is 11.4. The predicted molar refractivity (Wildman–Crippen MR) is 64.7 cm³/mol. The molecule has 4 heteroatoms. The number of pyridine rings is 1. The first-order chi connectivity index (χ1) is 8.18. The number of hydrogen-bond acceptors (Lipinski definition) is 2. The quantitative estimate of drug-likeness (QED) is 0.575. The molecule has 1 aliphatic rings. The predicted octanol–water partition coefficient (Wildman–Crippen LogP) is 1.95. The van der Waals surface area contributed by atoms with Gasteiger partial charge in [-0.2, -0.15) is 4.73 Å². The maximum atomic E-state index is 11.7. The van der Waals surface area contributed by atoms with Gasteiger partial charge in [0.2, 0.25) is 11.7 Å². The second kappa shape index (κ2) is 4.74. The highest BCUT2D eigenvalue weighted by molar-refractivity contribution is 5.46. The summed E-state index contributed by atoms with van der Waals surface area (Å²) in [6.45, 7) is 1.82. The highest BCUT2D eigenvalue weighted by atomic mass is 16.5. The van der Waals surface area contributed by atoms with E-state index in [1.165, 1.54) is 6.20 Å². The Kier molecular flexibility index (Phi) is 3.14. The molecule has 2 heterocycles. The fraction of sp³-hybridized carbons (Fsp3) is 0.154. The summed E-state index contributed by atoms with van der Waals surface area (Å²) in [5.41, 5.74) is 1.05. The van der Waals surface area contributed by atoms with Crippen LogP contribution in [0, 0.1) is 10.1 Å². The molecule has 1 aliphatic heterocycles. The lowest BCUT2D eigenvalue weighted by atomic mass is 10.2. The Hall–Kier alpha value is -2.23. The van der Waals surface area contributed by atoms with E-state index in [2.05, 4.69) is 0 Å². The molecule has 0 saturated heterocycles. The first-order valence-corrected chi connectivity index (χ1v) is 5.39. The van der Waals surface area contributed by atoms with Crippen LogP contribution in [-0.2, 0) is 0 Å². The largest absolute Gasteiger partial charge is 0.618 e. The number of hydrogen-bond donors (Lipinski definition) is 0. The van der Waals surface area contributed by atoms with Crippen molar-refractivity contribution >= 4 is 6.08 Å². The molecule has 1 atom stereocenters. The van der Waals surface area contributed by atoms with E-state index in [0.717, 1.165) is 9.49 Å². The van der Waals surface area contributed by atoms with Crippen LogP contribution in [0.2, 0.25) is 0 Å². The summed E-state index contributed by atoms with van der Waals surface area (Å²) in [7, 11) is 0. The topological polar surface area (TPSA) is 47.0 Å². The molecule has 0 N–H and O–H groups in total. The monoisotopic (exact) mass is 229 g/mol. The van der Waals surface area contributed by atoms with E-state index in [4.69, 9.17) is 0 Å². The van der Waals surface area contributed by atoms with Crippen LogP contribution in [0.15, 0.2) is 54.4 Å². The number of nitroso groups, excluding NO2 is 1. The Morgan fingerprint density at radius 3 is 2.94 bits per heavy atom. The van der Waals surface area contributed by atoms with E-state index >= 15 is 0 Å². The van der Waals surface area contributed by atoms with Crippen LogP contribution in [0.4, 0.5) is 0 Å². The minimum Gasteiger partial charge on any atom is -0.618 e. The number of aromatic nitrogens is 1. The molecule has 0 saturated carbocycles. The van der Waals surface area contributed by atoms with E-state index in [1.807, 2.05) is 19.1 Å². The molecule has 0 spiro atoms. The van der Waals surface area contributed by atoms with Crippen LogP contribution in [0.5, 0.6) is 0 Å². The third-order valence-electron chi connectivity index (χ3n) is 2.56. The highest BCUT2D eigenvalue weighted by Gasteiger charge is 2.23. The maximum absolute atomic E-state index is 11.7. The first kappa shape index (κ1) is 11.3. The molecule has 0 aromatic carbocycles. The van der Waals surface area contributed by atoms with Crippen molar-refractivity contribution in [1.82, 2.24) is 0 Å². The lowest BCUT2D eigenvalue weighted by Crippen LogP contribution is -2.28. The van der Waals surface area contributed by atoms with Crippen LogP contribution in [0.1, 0.15) is 12.6 Å². The molecule has 86 valence electrons. The van der Waals surface area contributed by atoms with Crippen molar-refractivity contribution in [2.75, 3.05) is 0 Å². The van der Waals surface area contributed by atoms with Gasteiger partial charge in [0.15, 0.2) is 6.20 Å². The van der Waals surface area contributed by atoms with Gasteiger partial charge in [0.25, 0.3) is 5.70 Å². The highest BCUT2D eigenvalue weighted by Crippen LogP contribution is 2.11. The first-order valence-electron chi connectivity index (χ1n) is 5.39. The fourth-order valence-corrected chi connectivity index (χ4v) is 1.57. The lowest BCUT2D eigenvalue weighted by Gasteiger charge is -2.02. The molecule has 1 unspecified atom stereocenters. The van der Waals surface area contributed by atoms with Gasteiger partial charge >= 0.3 is 0 Å². The Balaban J connectivity index is 2.22. The zero-order chi connectivity index (χ0) is 12.3. The van der Waals surface area contributed by atoms with Crippen molar-refractivity contribution in [3.8, 4) is 0 Å². The van der Waals surface area contributed by atoms with Gasteiger partial charge in [-0.05, 0) is 12.1 Å². The summed E-state index contributed by atoms with van der Waals surface area (Å²) in [4.78, 5) is 11.7. The SMILES string of the molecule is CC1C=CC=C(/C=C/c2cccc[n+]2[O-])[N+]1=O. The molecule has 4 nitrogen and oxygen atoms in total. The average Bonchev–Trinajstić information content (AvgIpc) is 2.33. The number of nitrogens with zero attached hydrogens (tertiary/aromatic N) is 2. The van der Waals surface area contributed by atoms with Gasteiger partial charge in [0.05, 0.1) is 0 Å². The zero-order valence-corrected chi connectivity index (χ0v) is 9.48. The van der Waals surface area contributed by atoms with E-state index in [-0.39, 0.29) is 6.04 Å². The van der Waals surface area contributed by atoms with Crippen molar-refractivity contribution in [3.05, 3.63) is 70.2 Å². The van der Waals surface area contributed by atoms with E-state index in [1.54, 1.807) is 36.4 Å². The smallest absolute Gasteiger partial charge is 0.256 e. The molecular weight excluding hydrogens is 216 g/mol. The van der Waals surface area contributed by atoms with Crippen molar-refractivity contribution in [2.45, 2.75) is 13.0 Å². The summed E-state index contributed by atoms with van der Waals surface area (Å²) in [5.74, 6) is 0. The minimum absolute atomic E-state index is 0.171. The molecule has 0 bridgehead atoms. The second-order valence-electron chi connectivity index (χ2n) is 3.83. The lowest BCUT2D eigenvalue weighted by molar-refractivity contribution is -0.607. The fourth-order valence-electron chi connectivity index (χ4n) is 1.57. The van der Waals surface area contributed by atoms with Crippen molar-refractivity contribution in [3.63, 3.8) is 0 Å². The van der Waals surface area contributed by atoms with Crippen molar-refractivity contribution in [2.24, 2.45) is 0 Å². The van der Waals surface area contributed by atoms with Crippen molar-refractivity contribution in [1.29, 1.82) is 0 Å². The third-order valence-corrected chi connectivity index (χ3v) is 2.56. The maximum Gasteiger partial charge on any atom is 0.256 e. The van der Waals surface area contributed by atoms with Crippen molar-refractivity contribution < 1.29 is 9.49 Å². The van der Waals surface area contributed by atoms with E-state index < -0.39 is 0 Å². The minimum atomic E-state index is -0.171. The van der Waals surface area contributed by atoms with Gasteiger partial charge in [-0.3, -0.25) is 0 Å². The van der Waals surface area contributed by atoms with E-state index in [9.17, 15) is 10.1 Å². The molecule has 17 heavy (non-hydrogen) atoms. The molecule has 1 aromatic heterocycles. The van der Waals surface area contributed by atoms with Gasteiger partial charge in [0.1, 0.15) is 0 Å². The standard InChI is InChI=1S/C13H13N2O2/c1-11-5-4-7-13(15(11)17)9-8-12-6-2-3-10-14(12)16/h2-11H,1H3/q+1/b9-8+. The summed E-state index contributed by atoms with van der Waals surface area (Å²) < 4.78 is 1.67. The molecular formula is C13H13N2O2+.